The lowest BCUT2D eigenvalue weighted by Gasteiger charge is -2.24. The lowest BCUT2D eigenvalue weighted by molar-refractivity contribution is 0.0268. The Bertz CT molecular complexity index is 719. The van der Waals surface area contributed by atoms with Crippen LogP contribution in [0.15, 0.2) is 59.6 Å². The first kappa shape index (κ1) is 25.4. The highest BCUT2D eigenvalue weighted by atomic mass is 127. The van der Waals surface area contributed by atoms with Crippen LogP contribution in [0.3, 0.4) is 0 Å². The number of ether oxygens (including phenoxy) is 2. The minimum atomic E-state index is -0.239. The van der Waals surface area contributed by atoms with E-state index in [1.807, 2.05) is 32.0 Å². The monoisotopic (exact) mass is 511 g/mol. The van der Waals surface area contributed by atoms with Gasteiger partial charge in [-0.2, -0.15) is 0 Å². The van der Waals surface area contributed by atoms with E-state index in [1.165, 1.54) is 5.56 Å². The lowest BCUT2D eigenvalue weighted by atomic mass is 10.1. The Balaban J connectivity index is 0.00000420. The van der Waals surface area contributed by atoms with Gasteiger partial charge in [0.15, 0.2) is 5.96 Å². The molecule has 0 bridgehead atoms. The largest absolute Gasteiger partial charge is 0.377 e. The van der Waals surface area contributed by atoms with Gasteiger partial charge in [-0.05, 0) is 37.5 Å². The van der Waals surface area contributed by atoms with Crippen LogP contribution in [-0.4, -0.2) is 31.8 Å². The van der Waals surface area contributed by atoms with Crippen molar-refractivity contribution in [3.8, 4) is 0 Å². The highest BCUT2D eigenvalue weighted by Gasteiger charge is 2.16. The SMILES string of the molecule is CCNC(=NCc1ccc(COCc2ccccc2)cc1)NCC(C)(C)OC.I. The zero-order chi connectivity index (χ0) is 20.2. The Morgan fingerprint density at radius 3 is 2.07 bits per heavy atom. The molecule has 0 aromatic heterocycles. The Morgan fingerprint density at radius 2 is 1.48 bits per heavy atom. The molecule has 2 N–H and O–H groups in total. The van der Waals surface area contributed by atoms with Crippen LogP contribution in [0.2, 0.25) is 0 Å². The van der Waals surface area contributed by atoms with Crippen molar-refractivity contribution in [3.05, 3.63) is 71.3 Å². The van der Waals surface area contributed by atoms with Crippen LogP contribution in [0.4, 0.5) is 0 Å². The summed E-state index contributed by atoms with van der Waals surface area (Å²) in [6, 6.07) is 18.6. The predicted molar refractivity (Wildman–Crippen MR) is 131 cm³/mol. The smallest absolute Gasteiger partial charge is 0.191 e. The van der Waals surface area contributed by atoms with E-state index in [0.717, 1.165) is 23.6 Å². The van der Waals surface area contributed by atoms with E-state index in [0.29, 0.717) is 26.3 Å². The first-order valence-electron chi connectivity index (χ1n) is 9.79. The summed E-state index contributed by atoms with van der Waals surface area (Å²) in [4.78, 5) is 4.66. The molecule has 6 heteroatoms. The van der Waals surface area contributed by atoms with Gasteiger partial charge in [0.1, 0.15) is 0 Å². The van der Waals surface area contributed by atoms with E-state index in [4.69, 9.17) is 9.47 Å². The van der Waals surface area contributed by atoms with Crippen molar-refractivity contribution in [2.75, 3.05) is 20.2 Å². The second kappa shape index (κ2) is 13.6. The summed E-state index contributed by atoms with van der Waals surface area (Å²) in [6.07, 6.45) is 0. The Labute approximate surface area is 192 Å². The third kappa shape index (κ3) is 10.1. The molecule has 0 amide bonds. The van der Waals surface area contributed by atoms with Crippen LogP contribution >= 0.6 is 24.0 Å². The lowest BCUT2D eigenvalue weighted by Crippen LogP contribution is -2.45. The number of aliphatic imine (C=N–C) groups is 1. The number of guanidine groups is 1. The zero-order valence-corrected chi connectivity index (χ0v) is 20.2. The first-order chi connectivity index (χ1) is 13.5. The van der Waals surface area contributed by atoms with Crippen LogP contribution in [-0.2, 0) is 29.2 Å². The maximum Gasteiger partial charge on any atom is 0.191 e. The molecule has 160 valence electrons. The number of hydrogen-bond acceptors (Lipinski definition) is 3. The molecular formula is C23H34IN3O2. The zero-order valence-electron chi connectivity index (χ0n) is 17.9. The molecule has 0 aliphatic heterocycles. The molecule has 0 aliphatic rings. The topological polar surface area (TPSA) is 54.9 Å². The fourth-order valence-corrected chi connectivity index (χ4v) is 2.48. The van der Waals surface area contributed by atoms with E-state index in [2.05, 4.69) is 58.9 Å². The number of benzene rings is 2. The van der Waals surface area contributed by atoms with Gasteiger partial charge in [-0.1, -0.05) is 54.6 Å². The van der Waals surface area contributed by atoms with Crippen molar-refractivity contribution < 1.29 is 9.47 Å². The Kier molecular flexibility index (Phi) is 11.9. The van der Waals surface area contributed by atoms with E-state index < -0.39 is 0 Å². The summed E-state index contributed by atoms with van der Waals surface area (Å²) >= 11 is 0. The summed E-state index contributed by atoms with van der Waals surface area (Å²) in [5, 5.41) is 6.60. The minimum Gasteiger partial charge on any atom is -0.377 e. The first-order valence-corrected chi connectivity index (χ1v) is 9.79. The number of hydrogen-bond donors (Lipinski definition) is 2. The molecule has 0 radical (unpaired) electrons. The van der Waals surface area contributed by atoms with Crippen LogP contribution < -0.4 is 10.6 Å². The molecule has 0 saturated heterocycles. The summed E-state index contributed by atoms with van der Waals surface area (Å²) < 4.78 is 11.2. The van der Waals surface area contributed by atoms with E-state index >= 15 is 0 Å². The number of nitrogens with one attached hydrogen (secondary N) is 2. The summed E-state index contributed by atoms with van der Waals surface area (Å²) in [5.41, 5.74) is 3.27. The molecule has 0 spiro atoms. The third-order valence-electron chi connectivity index (χ3n) is 4.40. The summed E-state index contributed by atoms with van der Waals surface area (Å²) in [7, 11) is 1.72. The fourth-order valence-electron chi connectivity index (χ4n) is 2.48. The number of halogens is 1. The molecule has 5 nitrogen and oxygen atoms in total. The fraction of sp³-hybridized carbons (Fsp3) is 0.435. The van der Waals surface area contributed by atoms with Gasteiger partial charge in [-0.15, -0.1) is 24.0 Å². The molecule has 2 aromatic rings. The molecule has 29 heavy (non-hydrogen) atoms. The van der Waals surface area contributed by atoms with Gasteiger partial charge < -0.3 is 20.1 Å². The highest BCUT2D eigenvalue weighted by Crippen LogP contribution is 2.09. The van der Waals surface area contributed by atoms with E-state index in [1.54, 1.807) is 7.11 Å². The van der Waals surface area contributed by atoms with Gasteiger partial charge in [-0.25, -0.2) is 4.99 Å². The Morgan fingerprint density at radius 1 is 0.897 bits per heavy atom. The Hall–Kier alpha value is -1.64. The maximum atomic E-state index is 5.79. The molecule has 2 aromatic carbocycles. The molecular weight excluding hydrogens is 477 g/mol. The average molecular weight is 511 g/mol. The van der Waals surface area contributed by atoms with Gasteiger partial charge in [0.2, 0.25) is 0 Å². The van der Waals surface area contributed by atoms with Crippen LogP contribution in [0.25, 0.3) is 0 Å². The maximum absolute atomic E-state index is 5.79. The molecule has 0 saturated carbocycles. The van der Waals surface area contributed by atoms with Crippen LogP contribution in [0.5, 0.6) is 0 Å². The van der Waals surface area contributed by atoms with Gasteiger partial charge >= 0.3 is 0 Å². The van der Waals surface area contributed by atoms with Gasteiger partial charge in [0.25, 0.3) is 0 Å². The molecule has 0 aliphatic carbocycles. The minimum absolute atomic E-state index is 0. The second-order valence-electron chi connectivity index (χ2n) is 7.31. The highest BCUT2D eigenvalue weighted by molar-refractivity contribution is 14.0. The molecule has 0 atom stereocenters. The average Bonchev–Trinajstić information content (AvgIpc) is 2.72. The van der Waals surface area contributed by atoms with Gasteiger partial charge in [0, 0.05) is 20.2 Å². The third-order valence-corrected chi connectivity index (χ3v) is 4.40. The second-order valence-corrected chi connectivity index (χ2v) is 7.31. The van der Waals surface area contributed by atoms with Gasteiger partial charge in [0.05, 0.1) is 25.4 Å². The van der Waals surface area contributed by atoms with Crippen molar-refractivity contribution in [3.63, 3.8) is 0 Å². The summed E-state index contributed by atoms with van der Waals surface area (Å²) in [5.74, 6) is 0.794. The number of rotatable bonds is 10. The van der Waals surface area contributed by atoms with Crippen molar-refractivity contribution >= 4 is 29.9 Å². The number of methoxy groups -OCH3 is 1. The van der Waals surface area contributed by atoms with Gasteiger partial charge in [-0.3, -0.25) is 0 Å². The molecule has 2 rings (SSSR count). The number of nitrogens with zero attached hydrogens (tertiary/aromatic N) is 1. The van der Waals surface area contributed by atoms with Crippen molar-refractivity contribution in [1.82, 2.24) is 10.6 Å². The standard InChI is InChI=1S/C23H33N3O2.HI/c1-5-24-22(26-18-23(2,3)27-4)25-15-19-11-13-21(14-12-19)17-28-16-20-9-7-6-8-10-20;/h6-14H,5,15-18H2,1-4H3,(H2,24,25,26);1H. The van der Waals surface area contributed by atoms with Crippen molar-refractivity contribution in [1.29, 1.82) is 0 Å². The molecule has 0 unspecified atom stereocenters. The van der Waals surface area contributed by atoms with E-state index in [-0.39, 0.29) is 29.6 Å². The molecule has 0 fully saturated rings. The summed E-state index contributed by atoms with van der Waals surface area (Å²) in [6.45, 7) is 9.50. The quantitative estimate of drug-likeness (QED) is 0.280. The molecule has 0 heterocycles. The van der Waals surface area contributed by atoms with Crippen molar-refractivity contribution in [2.45, 2.75) is 46.1 Å². The van der Waals surface area contributed by atoms with Crippen molar-refractivity contribution in [2.24, 2.45) is 4.99 Å². The normalized spacial score (nSPS) is 11.7. The van der Waals surface area contributed by atoms with Crippen LogP contribution in [0, 0.1) is 0 Å². The predicted octanol–water partition coefficient (Wildman–Crippen LogP) is 4.50. The van der Waals surface area contributed by atoms with E-state index in [9.17, 15) is 0 Å². The van der Waals surface area contributed by atoms with Crippen LogP contribution in [0.1, 0.15) is 37.5 Å².